The lowest BCUT2D eigenvalue weighted by molar-refractivity contribution is 0.416. The van der Waals surface area contributed by atoms with Crippen LogP contribution in [0.25, 0.3) is 6.08 Å². The van der Waals surface area contributed by atoms with Gasteiger partial charge in [0, 0.05) is 12.7 Å². The monoisotopic (exact) mass is 376 g/mol. The van der Waals surface area contributed by atoms with Crippen molar-refractivity contribution in [3.05, 3.63) is 71.4 Å². The summed E-state index contributed by atoms with van der Waals surface area (Å²) in [5.74, 6) is 0.873. The van der Waals surface area contributed by atoms with Crippen LogP contribution in [-0.4, -0.2) is 14.2 Å². The van der Waals surface area contributed by atoms with Gasteiger partial charge in [0.1, 0.15) is 5.75 Å². The van der Waals surface area contributed by atoms with E-state index in [0.29, 0.717) is 0 Å². The van der Waals surface area contributed by atoms with E-state index in [1.165, 1.54) is 41.6 Å². The van der Waals surface area contributed by atoms with Crippen molar-refractivity contribution in [2.45, 2.75) is 44.9 Å². The maximum absolute atomic E-state index is 5.58. The molecule has 1 fully saturated rings. The summed E-state index contributed by atoms with van der Waals surface area (Å²) in [6, 6.07) is 14.8. The van der Waals surface area contributed by atoms with Crippen LogP contribution in [0.5, 0.6) is 5.75 Å². The molecule has 0 spiro atoms. The average Bonchev–Trinajstić information content (AvgIpc) is 2.68. The van der Waals surface area contributed by atoms with Crippen molar-refractivity contribution in [1.29, 1.82) is 0 Å². The Labute approximate surface area is 169 Å². The molecule has 3 rings (SSSR count). The van der Waals surface area contributed by atoms with Gasteiger partial charge in [-0.1, -0.05) is 55.8 Å². The molecule has 2 N–H and O–H groups in total. The van der Waals surface area contributed by atoms with E-state index in [2.05, 4.69) is 79.1 Å². The zero-order chi connectivity index (χ0) is 20.0. The third-order valence-corrected chi connectivity index (χ3v) is 5.50. The van der Waals surface area contributed by atoms with E-state index in [1.807, 2.05) is 13.2 Å². The normalized spacial score (nSPS) is 13.9. The number of benzene rings is 2. The van der Waals surface area contributed by atoms with Gasteiger partial charge in [0.05, 0.1) is 12.8 Å². The van der Waals surface area contributed by atoms with E-state index in [9.17, 15) is 0 Å². The number of nitrogens with one attached hydrogen (secondary N) is 2. The highest BCUT2D eigenvalue weighted by Gasteiger charge is 2.21. The standard InChI is InChI=1S/C25H32N2O/c1-25(2,21-11-5-6-12-22(21)26-3)15-8-16-27-23-14-13-20(18-24(23)28-4)17-19-9-7-10-19/h5-6,8,11-14,16-18,26-27H,7,9-10,15H2,1-4H3/b16-8+. The van der Waals surface area contributed by atoms with E-state index in [0.717, 1.165) is 17.9 Å². The lowest BCUT2D eigenvalue weighted by atomic mass is 9.80. The second-order valence-electron chi connectivity index (χ2n) is 8.05. The maximum atomic E-state index is 5.58. The summed E-state index contributed by atoms with van der Waals surface area (Å²) in [6.07, 6.45) is 11.2. The van der Waals surface area contributed by atoms with Gasteiger partial charge in [-0.15, -0.1) is 0 Å². The fourth-order valence-electron chi connectivity index (χ4n) is 3.58. The van der Waals surface area contributed by atoms with Crippen LogP contribution >= 0.6 is 0 Å². The van der Waals surface area contributed by atoms with Crippen LogP contribution in [0, 0.1) is 0 Å². The second-order valence-corrected chi connectivity index (χ2v) is 8.05. The molecule has 2 aromatic carbocycles. The summed E-state index contributed by atoms with van der Waals surface area (Å²) in [5.41, 5.74) is 6.29. The molecule has 1 aliphatic rings. The Morgan fingerprint density at radius 1 is 1.07 bits per heavy atom. The number of anilines is 2. The molecule has 148 valence electrons. The molecule has 28 heavy (non-hydrogen) atoms. The molecule has 0 radical (unpaired) electrons. The summed E-state index contributed by atoms with van der Waals surface area (Å²) >= 11 is 0. The Morgan fingerprint density at radius 3 is 2.54 bits per heavy atom. The number of hydrogen-bond acceptors (Lipinski definition) is 3. The van der Waals surface area contributed by atoms with E-state index in [4.69, 9.17) is 4.74 Å². The third-order valence-electron chi connectivity index (χ3n) is 5.50. The molecule has 0 aromatic heterocycles. The smallest absolute Gasteiger partial charge is 0.142 e. The van der Waals surface area contributed by atoms with Gasteiger partial charge in [-0.2, -0.15) is 0 Å². The topological polar surface area (TPSA) is 33.3 Å². The summed E-state index contributed by atoms with van der Waals surface area (Å²) < 4.78 is 5.58. The first-order valence-corrected chi connectivity index (χ1v) is 10.1. The summed E-state index contributed by atoms with van der Waals surface area (Å²) in [6.45, 7) is 4.55. The van der Waals surface area contributed by atoms with Crippen molar-refractivity contribution < 1.29 is 4.74 Å². The van der Waals surface area contributed by atoms with E-state index >= 15 is 0 Å². The SMILES string of the molecule is CNc1ccccc1C(C)(C)C/C=C/Nc1ccc(C=C2CCC2)cc1OC. The van der Waals surface area contributed by atoms with Gasteiger partial charge in [0.25, 0.3) is 0 Å². The van der Waals surface area contributed by atoms with Crippen molar-refractivity contribution in [3.63, 3.8) is 0 Å². The maximum Gasteiger partial charge on any atom is 0.142 e. The highest BCUT2D eigenvalue weighted by Crippen LogP contribution is 2.33. The average molecular weight is 377 g/mol. The first-order valence-electron chi connectivity index (χ1n) is 10.1. The molecule has 3 nitrogen and oxygen atoms in total. The lowest BCUT2D eigenvalue weighted by Gasteiger charge is -2.26. The minimum absolute atomic E-state index is 0.0423. The van der Waals surface area contributed by atoms with Crippen molar-refractivity contribution in [2.24, 2.45) is 0 Å². The van der Waals surface area contributed by atoms with E-state index in [-0.39, 0.29) is 5.41 Å². The van der Waals surface area contributed by atoms with Crippen molar-refractivity contribution in [1.82, 2.24) is 0 Å². The predicted octanol–water partition coefficient (Wildman–Crippen LogP) is 6.60. The molecule has 1 saturated carbocycles. The summed E-state index contributed by atoms with van der Waals surface area (Å²) in [4.78, 5) is 0. The van der Waals surface area contributed by atoms with Gasteiger partial charge in [-0.3, -0.25) is 0 Å². The zero-order valence-electron chi connectivity index (χ0n) is 17.5. The van der Waals surface area contributed by atoms with Crippen LogP contribution < -0.4 is 15.4 Å². The summed E-state index contributed by atoms with van der Waals surface area (Å²) in [7, 11) is 3.70. The first kappa shape index (κ1) is 20.1. The Bertz CT molecular complexity index is 859. The third kappa shape index (κ3) is 4.78. The molecule has 3 heteroatoms. The van der Waals surface area contributed by atoms with Gasteiger partial charge < -0.3 is 15.4 Å². The Morgan fingerprint density at radius 2 is 1.86 bits per heavy atom. The van der Waals surface area contributed by atoms with Crippen LogP contribution in [0.2, 0.25) is 0 Å². The first-order chi connectivity index (χ1) is 13.5. The van der Waals surface area contributed by atoms with Crippen LogP contribution in [-0.2, 0) is 5.41 Å². The Balaban J connectivity index is 1.65. The number of para-hydroxylation sites is 1. The minimum atomic E-state index is 0.0423. The fraction of sp³-hybridized carbons (Fsp3) is 0.360. The van der Waals surface area contributed by atoms with Crippen LogP contribution in [0.1, 0.15) is 50.7 Å². The van der Waals surface area contributed by atoms with Gasteiger partial charge in [0.2, 0.25) is 0 Å². The molecule has 0 bridgehead atoms. The van der Waals surface area contributed by atoms with Crippen LogP contribution in [0.15, 0.2) is 60.3 Å². The lowest BCUT2D eigenvalue weighted by Crippen LogP contribution is -2.18. The minimum Gasteiger partial charge on any atom is -0.495 e. The highest BCUT2D eigenvalue weighted by atomic mass is 16.5. The van der Waals surface area contributed by atoms with Crippen LogP contribution in [0.3, 0.4) is 0 Å². The number of methoxy groups -OCH3 is 1. The van der Waals surface area contributed by atoms with E-state index in [1.54, 1.807) is 7.11 Å². The molecular formula is C25H32N2O. The summed E-state index contributed by atoms with van der Waals surface area (Å²) in [5, 5.41) is 6.68. The molecule has 0 heterocycles. The number of rotatable bonds is 8. The van der Waals surface area contributed by atoms with Gasteiger partial charge in [0.15, 0.2) is 0 Å². The van der Waals surface area contributed by atoms with Crippen LogP contribution in [0.4, 0.5) is 11.4 Å². The molecule has 0 amide bonds. The quantitative estimate of drug-likeness (QED) is 0.545. The molecule has 1 aliphatic carbocycles. The number of allylic oxidation sites excluding steroid dienone is 2. The molecule has 2 aromatic rings. The molecular weight excluding hydrogens is 344 g/mol. The molecule has 0 atom stereocenters. The van der Waals surface area contributed by atoms with E-state index < -0.39 is 0 Å². The molecule has 0 unspecified atom stereocenters. The molecule has 0 aliphatic heterocycles. The number of hydrogen-bond donors (Lipinski definition) is 2. The van der Waals surface area contributed by atoms with Crippen molar-refractivity contribution in [2.75, 3.05) is 24.8 Å². The van der Waals surface area contributed by atoms with Gasteiger partial charge >= 0.3 is 0 Å². The number of ether oxygens (including phenoxy) is 1. The predicted molar refractivity (Wildman–Crippen MR) is 121 cm³/mol. The van der Waals surface area contributed by atoms with Gasteiger partial charge in [-0.05, 0) is 66.6 Å². The fourth-order valence-corrected chi connectivity index (χ4v) is 3.58. The Hall–Kier alpha value is -2.68. The second kappa shape index (κ2) is 9.01. The highest BCUT2D eigenvalue weighted by molar-refractivity contribution is 5.65. The molecule has 0 saturated heterocycles. The Kier molecular flexibility index (Phi) is 6.45. The van der Waals surface area contributed by atoms with Gasteiger partial charge in [-0.25, -0.2) is 0 Å². The largest absolute Gasteiger partial charge is 0.495 e. The van der Waals surface area contributed by atoms with Crippen molar-refractivity contribution in [3.8, 4) is 5.75 Å². The van der Waals surface area contributed by atoms with Crippen molar-refractivity contribution >= 4 is 17.5 Å². The zero-order valence-corrected chi connectivity index (χ0v) is 17.5.